The lowest BCUT2D eigenvalue weighted by Gasteiger charge is -2.37. The molecule has 10 nitrogen and oxygen atoms in total. The molecular formula is C38H38F3N7O3. The minimum Gasteiger partial charge on any atom is -0.508 e. The maximum Gasteiger partial charge on any atom is 0.319 e. The van der Waals surface area contributed by atoms with Crippen LogP contribution in [0.15, 0.2) is 42.7 Å². The molecule has 13 heteroatoms. The summed E-state index contributed by atoms with van der Waals surface area (Å²) in [6, 6.07) is 7.60. The van der Waals surface area contributed by atoms with Crippen LogP contribution < -0.4 is 9.64 Å². The molecule has 0 spiro atoms. The second-order valence-electron chi connectivity index (χ2n) is 14.8. The van der Waals surface area contributed by atoms with Gasteiger partial charge in [0.25, 0.3) is 0 Å². The number of phenolic OH excluding ortho intramolecular Hbond substituents is 1. The highest BCUT2D eigenvalue weighted by Crippen LogP contribution is 2.49. The second kappa shape index (κ2) is 11.9. The van der Waals surface area contributed by atoms with Crippen LogP contribution in [0.5, 0.6) is 11.8 Å². The molecule has 4 fully saturated rings. The molecule has 3 aromatic heterocycles. The number of ether oxygens (including phenoxy) is 1. The molecular weight excluding hydrogens is 659 g/mol. The minimum atomic E-state index is -0.940. The van der Waals surface area contributed by atoms with E-state index in [-0.39, 0.29) is 58.8 Å². The molecule has 5 aromatic rings. The van der Waals surface area contributed by atoms with Crippen molar-refractivity contribution in [3.05, 3.63) is 65.6 Å². The Morgan fingerprint density at radius 1 is 1.14 bits per heavy atom. The zero-order valence-electron chi connectivity index (χ0n) is 28.5. The molecule has 9 rings (SSSR count). The molecule has 264 valence electrons. The number of anilines is 1. The summed E-state index contributed by atoms with van der Waals surface area (Å²) in [6.07, 6.45) is 5.42. The van der Waals surface area contributed by atoms with Gasteiger partial charge in [0.15, 0.2) is 5.82 Å². The fourth-order valence-corrected chi connectivity index (χ4v) is 9.27. The van der Waals surface area contributed by atoms with Gasteiger partial charge in [-0.1, -0.05) is 13.0 Å². The number of rotatable bonds is 7. The van der Waals surface area contributed by atoms with Crippen LogP contribution >= 0.6 is 0 Å². The Morgan fingerprint density at radius 3 is 2.80 bits per heavy atom. The van der Waals surface area contributed by atoms with E-state index in [1.165, 1.54) is 29.1 Å². The number of carbonyl (C=O) groups excluding carboxylic acids is 1. The van der Waals surface area contributed by atoms with Gasteiger partial charge in [0.1, 0.15) is 41.4 Å². The molecule has 0 bridgehead atoms. The highest BCUT2D eigenvalue weighted by Gasteiger charge is 2.52. The minimum absolute atomic E-state index is 0.0274. The van der Waals surface area contributed by atoms with Gasteiger partial charge in [0.2, 0.25) is 5.91 Å². The highest BCUT2D eigenvalue weighted by atomic mass is 19.1. The van der Waals surface area contributed by atoms with Gasteiger partial charge in [-0.05, 0) is 91.6 Å². The Kier molecular flexibility index (Phi) is 7.50. The largest absolute Gasteiger partial charge is 0.508 e. The van der Waals surface area contributed by atoms with Crippen molar-refractivity contribution in [2.45, 2.75) is 57.7 Å². The number of halogens is 3. The van der Waals surface area contributed by atoms with Gasteiger partial charge in [-0.2, -0.15) is 15.1 Å². The van der Waals surface area contributed by atoms with E-state index in [1.807, 2.05) is 19.9 Å². The van der Waals surface area contributed by atoms with Crippen LogP contribution in [0, 0.1) is 36.3 Å². The quantitative estimate of drug-likeness (QED) is 0.211. The summed E-state index contributed by atoms with van der Waals surface area (Å²) >= 11 is 0. The fourth-order valence-electron chi connectivity index (χ4n) is 9.27. The predicted octanol–water partition coefficient (Wildman–Crippen LogP) is 6.26. The molecule has 0 radical (unpaired) electrons. The maximum atomic E-state index is 17.0. The number of benzene rings is 2. The van der Waals surface area contributed by atoms with Crippen LogP contribution in [0.25, 0.3) is 32.9 Å². The van der Waals surface area contributed by atoms with Crippen LogP contribution in [0.4, 0.5) is 19.0 Å². The third-order valence-corrected chi connectivity index (χ3v) is 11.8. The lowest BCUT2D eigenvalue weighted by molar-refractivity contribution is 0.0532. The Morgan fingerprint density at radius 2 is 2.00 bits per heavy atom. The first-order valence-electron chi connectivity index (χ1n) is 17.8. The van der Waals surface area contributed by atoms with Gasteiger partial charge >= 0.3 is 6.01 Å². The number of fused-ring (bicyclic) bond motifs is 4. The van der Waals surface area contributed by atoms with E-state index in [4.69, 9.17) is 9.72 Å². The average molecular weight is 698 g/mol. The fraction of sp³-hybridized carbons (Fsp3) is 0.447. The number of aromatic nitrogens is 5. The van der Waals surface area contributed by atoms with E-state index in [0.29, 0.717) is 66.4 Å². The number of aryl methyl sites for hydroxylation is 2. The number of nitrogens with zero attached hydrogens (tertiary/aromatic N) is 7. The van der Waals surface area contributed by atoms with E-state index in [1.54, 1.807) is 12.3 Å². The number of alkyl halides is 1. The number of carbonyl (C=O) groups is 1. The second-order valence-corrected chi connectivity index (χ2v) is 14.8. The summed E-state index contributed by atoms with van der Waals surface area (Å²) in [4.78, 5) is 31.5. The average Bonchev–Trinajstić information content (AvgIpc) is 3.86. The van der Waals surface area contributed by atoms with E-state index >= 15 is 8.78 Å². The van der Waals surface area contributed by atoms with Crippen LogP contribution in [0.1, 0.15) is 48.7 Å². The van der Waals surface area contributed by atoms with Gasteiger partial charge in [-0.25, -0.2) is 17.9 Å². The van der Waals surface area contributed by atoms with E-state index < -0.39 is 23.3 Å². The zero-order chi connectivity index (χ0) is 35.2. The summed E-state index contributed by atoms with van der Waals surface area (Å²) in [5.74, 6) is -0.762. The molecule has 5 atom stereocenters. The number of hydrogen-bond acceptors (Lipinski definition) is 9. The van der Waals surface area contributed by atoms with Gasteiger partial charge in [0, 0.05) is 49.9 Å². The van der Waals surface area contributed by atoms with Gasteiger partial charge < -0.3 is 14.7 Å². The number of aromatic hydroxyl groups is 1. The first kappa shape index (κ1) is 32.1. The lowest BCUT2D eigenvalue weighted by atomic mass is 9.66. The Balaban J connectivity index is 1.13. The topological polar surface area (TPSA) is 110 Å². The standard InChI is InChI=1S/C38H38F3N7O3/c1-3-25-30(40)6-5-21-11-24(49)13-27(31(21)25)33-32(41)34-28(15-42-33)35(44-37(43-34)51-19-38-8-4-9-47(38)17-23(39)14-38)46-16-22-12-26(29(22)18-46)36(50)48-10-7-20(2)45-48/h5-7,10-11,13,15,22-23,26,29,49H,3-4,8-9,12,14,16-19H2,1-2H3/t22-,23+,26-,29+,38-/m0/s1. The van der Waals surface area contributed by atoms with Crippen molar-refractivity contribution in [3.63, 3.8) is 0 Å². The molecule has 1 saturated carbocycles. The molecule has 3 aliphatic heterocycles. The number of pyridine rings is 1. The summed E-state index contributed by atoms with van der Waals surface area (Å²) in [7, 11) is 0. The third-order valence-electron chi connectivity index (χ3n) is 11.8. The summed E-state index contributed by atoms with van der Waals surface area (Å²) in [5, 5.41) is 16.4. The van der Waals surface area contributed by atoms with Crippen molar-refractivity contribution < 1.29 is 27.8 Å². The maximum absolute atomic E-state index is 17.0. The molecule has 1 N–H and O–H groups in total. The SMILES string of the molecule is CCc1c(F)ccc2cc(O)cc(-c3ncc4c(N5C[C@@H]6C[C@H](C(=O)n7ccc(C)n7)[C@@H]6C5)nc(OC[C@@]56CCCN5C[C@H](F)C6)nc4c3F)c12. The van der Waals surface area contributed by atoms with Crippen LogP contribution in [-0.2, 0) is 6.42 Å². The van der Waals surface area contributed by atoms with Crippen molar-refractivity contribution in [1.82, 2.24) is 29.6 Å². The highest BCUT2D eigenvalue weighted by molar-refractivity contribution is 6.01. The van der Waals surface area contributed by atoms with Crippen molar-refractivity contribution in [2.24, 2.45) is 17.8 Å². The summed E-state index contributed by atoms with van der Waals surface area (Å²) in [5.41, 5.74) is 0.833. The first-order chi connectivity index (χ1) is 24.6. The van der Waals surface area contributed by atoms with E-state index in [9.17, 15) is 14.3 Å². The van der Waals surface area contributed by atoms with Crippen molar-refractivity contribution >= 4 is 33.4 Å². The molecule has 4 aliphatic rings. The molecule has 6 heterocycles. The summed E-state index contributed by atoms with van der Waals surface area (Å²) < 4.78 is 54.3. The Bertz CT molecular complexity index is 2230. The first-order valence-corrected chi connectivity index (χ1v) is 17.8. The molecule has 0 amide bonds. The smallest absolute Gasteiger partial charge is 0.319 e. The third kappa shape index (κ3) is 5.14. The normalized spacial score (nSPS) is 25.8. The number of phenols is 1. The van der Waals surface area contributed by atoms with E-state index in [2.05, 4.69) is 24.9 Å². The van der Waals surface area contributed by atoms with Crippen LogP contribution in [0.3, 0.4) is 0 Å². The monoisotopic (exact) mass is 697 g/mol. The number of hydrogen-bond donors (Lipinski definition) is 1. The molecule has 1 aliphatic carbocycles. The zero-order valence-corrected chi connectivity index (χ0v) is 28.5. The Labute approximate surface area is 292 Å². The van der Waals surface area contributed by atoms with Gasteiger partial charge in [-0.3, -0.25) is 14.7 Å². The van der Waals surface area contributed by atoms with Gasteiger partial charge in [-0.15, -0.1) is 0 Å². The van der Waals surface area contributed by atoms with Crippen LogP contribution in [-0.4, -0.2) is 85.1 Å². The van der Waals surface area contributed by atoms with Crippen LogP contribution in [0.2, 0.25) is 0 Å². The van der Waals surface area contributed by atoms with Crippen molar-refractivity contribution in [3.8, 4) is 23.0 Å². The van der Waals surface area contributed by atoms with E-state index in [0.717, 1.165) is 25.1 Å². The predicted molar refractivity (Wildman–Crippen MR) is 185 cm³/mol. The Hall–Kier alpha value is -4.78. The molecule has 3 saturated heterocycles. The van der Waals surface area contributed by atoms with Crippen molar-refractivity contribution in [2.75, 3.05) is 37.7 Å². The molecule has 0 unspecified atom stereocenters. The van der Waals surface area contributed by atoms with Gasteiger partial charge in [0.05, 0.1) is 16.6 Å². The molecule has 2 aromatic carbocycles. The van der Waals surface area contributed by atoms with Crippen molar-refractivity contribution in [1.29, 1.82) is 0 Å². The molecule has 51 heavy (non-hydrogen) atoms. The lowest BCUT2D eigenvalue weighted by Crippen LogP contribution is -2.43. The summed E-state index contributed by atoms with van der Waals surface area (Å²) in [6.45, 7) is 6.12.